The van der Waals surface area contributed by atoms with Crippen LogP contribution >= 0.6 is 0 Å². The molecule has 1 unspecified atom stereocenters. The van der Waals surface area contributed by atoms with Crippen LogP contribution in [0.2, 0.25) is 0 Å². The molecule has 2 aromatic carbocycles. The fourth-order valence-electron chi connectivity index (χ4n) is 3.85. The Morgan fingerprint density at radius 1 is 1.13 bits per heavy atom. The van der Waals surface area contributed by atoms with Crippen LogP contribution < -0.4 is 10.1 Å². The number of para-hydroxylation sites is 3. The molecule has 2 heterocycles. The van der Waals surface area contributed by atoms with Gasteiger partial charge in [-0.15, -0.1) is 0 Å². The monoisotopic (exact) mass is 407 g/mol. The van der Waals surface area contributed by atoms with Crippen LogP contribution in [-0.2, 0) is 22.5 Å². The Morgan fingerprint density at radius 2 is 1.97 bits per heavy atom. The summed E-state index contributed by atoms with van der Waals surface area (Å²) in [6.45, 7) is 2.84. The molecule has 3 aromatic rings. The summed E-state index contributed by atoms with van der Waals surface area (Å²) < 4.78 is 13.6. The number of amides is 1. The summed E-state index contributed by atoms with van der Waals surface area (Å²) >= 11 is 0. The third-order valence-corrected chi connectivity index (χ3v) is 5.37. The molecule has 158 valence electrons. The molecule has 1 atom stereocenters. The normalized spacial score (nSPS) is 16.1. The van der Waals surface area contributed by atoms with Gasteiger partial charge in [0.2, 0.25) is 5.91 Å². The number of rotatable bonds is 10. The van der Waals surface area contributed by atoms with Crippen molar-refractivity contribution in [3.05, 3.63) is 60.4 Å². The molecule has 0 bridgehead atoms. The van der Waals surface area contributed by atoms with E-state index in [4.69, 9.17) is 14.5 Å². The number of fused-ring (bicyclic) bond motifs is 1. The second-order valence-electron chi connectivity index (χ2n) is 7.58. The zero-order valence-electron chi connectivity index (χ0n) is 17.3. The largest absolute Gasteiger partial charge is 0.494 e. The lowest BCUT2D eigenvalue weighted by Gasteiger charge is -2.12. The van der Waals surface area contributed by atoms with Crippen molar-refractivity contribution in [3.8, 4) is 5.75 Å². The SMILES string of the molecule is O=C(NCCCc1nc2ccccc2n1CCCOc1ccccc1)C1CCCO1. The Labute approximate surface area is 177 Å². The highest BCUT2D eigenvalue weighted by atomic mass is 16.5. The Morgan fingerprint density at radius 3 is 2.80 bits per heavy atom. The first-order valence-corrected chi connectivity index (χ1v) is 10.8. The summed E-state index contributed by atoms with van der Waals surface area (Å²) in [5.41, 5.74) is 2.16. The van der Waals surface area contributed by atoms with Gasteiger partial charge in [0.15, 0.2) is 0 Å². The topological polar surface area (TPSA) is 65.4 Å². The van der Waals surface area contributed by atoms with Gasteiger partial charge in [0, 0.05) is 26.1 Å². The van der Waals surface area contributed by atoms with E-state index >= 15 is 0 Å². The van der Waals surface area contributed by atoms with Gasteiger partial charge in [0.25, 0.3) is 0 Å². The summed E-state index contributed by atoms with van der Waals surface area (Å²) in [6.07, 6.45) is 4.10. The molecule has 4 rings (SSSR count). The van der Waals surface area contributed by atoms with E-state index in [1.165, 1.54) is 0 Å². The lowest BCUT2D eigenvalue weighted by atomic mass is 10.2. The molecule has 1 aromatic heterocycles. The van der Waals surface area contributed by atoms with Crippen molar-refractivity contribution in [3.63, 3.8) is 0 Å². The van der Waals surface area contributed by atoms with Crippen molar-refractivity contribution in [2.45, 2.75) is 44.8 Å². The molecule has 0 aliphatic carbocycles. The third kappa shape index (κ3) is 5.19. The van der Waals surface area contributed by atoms with Gasteiger partial charge in [-0.25, -0.2) is 4.98 Å². The van der Waals surface area contributed by atoms with E-state index in [-0.39, 0.29) is 12.0 Å². The van der Waals surface area contributed by atoms with Crippen LogP contribution in [0.3, 0.4) is 0 Å². The highest BCUT2D eigenvalue weighted by Crippen LogP contribution is 2.18. The first kappa shape index (κ1) is 20.4. The molecule has 6 nitrogen and oxygen atoms in total. The molecule has 1 aliphatic heterocycles. The molecule has 1 N–H and O–H groups in total. The van der Waals surface area contributed by atoms with Crippen LogP contribution in [0.1, 0.15) is 31.5 Å². The maximum absolute atomic E-state index is 12.1. The van der Waals surface area contributed by atoms with Gasteiger partial charge in [-0.3, -0.25) is 4.79 Å². The summed E-state index contributed by atoms with van der Waals surface area (Å²) in [7, 11) is 0. The maximum Gasteiger partial charge on any atom is 0.249 e. The Bertz CT molecular complexity index is 949. The smallest absolute Gasteiger partial charge is 0.249 e. The average Bonchev–Trinajstić information content (AvgIpc) is 3.43. The van der Waals surface area contributed by atoms with Crippen LogP contribution in [0.5, 0.6) is 5.75 Å². The highest BCUT2D eigenvalue weighted by Gasteiger charge is 2.22. The summed E-state index contributed by atoms with van der Waals surface area (Å²) in [5.74, 6) is 1.97. The van der Waals surface area contributed by atoms with Gasteiger partial charge in [-0.05, 0) is 49.9 Å². The first-order valence-electron chi connectivity index (χ1n) is 10.8. The minimum Gasteiger partial charge on any atom is -0.494 e. The van der Waals surface area contributed by atoms with Crippen molar-refractivity contribution >= 4 is 16.9 Å². The number of benzene rings is 2. The van der Waals surface area contributed by atoms with E-state index in [0.29, 0.717) is 19.8 Å². The van der Waals surface area contributed by atoms with Gasteiger partial charge in [0.05, 0.1) is 17.6 Å². The zero-order chi connectivity index (χ0) is 20.6. The van der Waals surface area contributed by atoms with Crippen LogP contribution in [0.15, 0.2) is 54.6 Å². The molecule has 30 heavy (non-hydrogen) atoms. The zero-order valence-corrected chi connectivity index (χ0v) is 17.3. The van der Waals surface area contributed by atoms with Gasteiger partial charge in [-0.2, -0.15) is 0 Å². The minimum atomic E-state index is -0.265. The van der Waals surface area contributed by atoms with Crippen LogP contribution in [0, 0.1) is 0 Å². The predicted molar refractivity (Wildman–Crippen MR) is 117 cm³/mol. The number of imidazole rings is 1. The molecule has 6 heteroatoms. The molecular weight excluding hydrogens is 378 g/mol. The Balaban J connectivity index is 1.31. The van der Waals surface area contributed by atoms with Gasteiger partial charge in [-0.1, -0.05) is 30.3 Å². The summed E-state index contributed by atoms with van der Waals surface area (Å²) in [5, 5.41) is 3.00. The lowest BCUT2D eigenvalue weighted by molar-refractivity contribution is -0.130. The van der Waals surface area contributed by atoms with Crippen molar-refractivity contribution in [2.24, 2.45) is 0 Å². The quantitative estimate of drug-likeness (QED) is 0.520. The molecule has 0 radical (unpaired) electrons. The maximum atomic E-state index is 12.1. The standard InChI is InChI=1S/C24H29N3O3/c28-24(22-13-7-17-30-22)25-15-6-14-23-26-20-11-4-5-12-21(20)27(23)16-8-18-29-19-9-2-1-3-10-19/h1-5,9-12,22H,6-8,13-18H2,(H,25,28). The van der Waals surface area contributed by atoms with Crippen molar-refractivity contribution < 1.29 is 14.3 Å². The van der Waals surface area contributed by atoms with Gasteiger partial charge in [0.1, 0.15) is 17.7 Å². The first-order chi connectivity index (χ1) is 14.8. The third-order valence-electron chi connectivity index (χ3n) is 5.37. The average molecular weight is 408 g/mol. The highest BCUT2D eigenvalue weighted by molar-refractivity contribution is 5.80. The fraction of sp³-hybridized carbons (Fsp3) is 0.417. The number of nitrogens with zero attached hydrogens (tertiary/aromatic N) is 2. The Hall–Kier alpha value is -2.86. The lowest BCUT2D eigenvalue weighted by Crippen LogP contribution is -2.34. The summed E-state index contributed by atoms with van der Waals surface area (Å²) in [4.78, 5) is 16.9. The number of aromatic nitrogens is 2. The van der Waals surface area contributed by atoms with Gasteiger partial charge < -0.3 is 19.4 Å². The molecule has 0 spiro atoms. The number of aryl methyl sites for hydroxylation is 2. The van der Waals surface area contributed by atoms with E-state index in [1.54, 1.807) is 0 Å². The molecule has 1 aliphatic rings. The molecule has 1 amide bonds. The van der Waals surface area contributed by atoms with Crippen LogP contribution in [0.25, 0.3) is 11.0 Å². The minimum absolute atomic E-state index is 0.0130. The predicted octanol–water partition coefficient (Wildman–Crippen LogP) is 3.73. The van der Waals surface area contributed by atoms with Crippen molar-refractivity contribution in [1.29, 1.82) is 0 Å². The number of carbonyl (C=O) groups is 1. The van der Waals surface area contributed by atoms with Crippen molar-refractivity contribution in [2.75, 3.05) is 19.8 Å². The second-order valence-corrected chi connectivity index (χ2v) is 7.58. The number of carbonyl (C=O) groups excluding carboxylic acids is 1. The van der Waals surface area contributed by atoms with Crippen LogP contribution in [-0.4, -0.2) is 41.3 Å². The van der Waals surface area contributed by atoms with Crippen molar-refractivity contribution in [1.82, 2.24) is 14.9 Å². The molecule has 1 saturated heterocycles. The van der Waals surface area contributed by atoms with E-state index in [2.05, 4.69) is 22.0 Å². The fourth-order valence-corrected chi connectivity index (χ4v) is 3.85. The van der Waals surface area contributed by atoms with E-state index in [9.17, 15) is 4.79 Å². The summed E-state index contributed by atoms with van der Waals surface area (Å²) in [6, 6.07) is 18.1. The molecule has 0 saturated carbocycles. The van der Waals surface area contributed by atoms with Gasteiger partial charge >= 0.3 is 0 Å². The molecule has 1 fully saturated rings. The van der Waals surface area contributed by atoms with Crippen LogP contribution in [0.4, 0.5) is 0 Å². The number of ether oxygens (including phenoxy) is 2. The Kier molecular flexibility index (Phi) is 6.98. The second kappa shape index (κ2) is 10.3. The van der Waals surface area contributed by atoms with E-state index in [1.807, 2.05) is 42.5 Å². The molecular formula is C24H29N3O3. The number of hydrogen-bond acceptors (Lipinski definition) is 4. The number of nitrogens with one attached hydrogen (secondary N) is 1. The van der Waals surface area contributed by atoms with E-state index in [0.717, 1.165) is 61.3 Å². The number of hydrogen-bond donors (Lipinski definition) is 1. The van der Waals surface area contributed by atoms with E-state index < -0.39 is 0 Å².